The van der Waals surface area contributed by atoms with Crippen LogP contribution in [-0.2, 0) is 38.5 Å². The zero-order chi connectivity index (χ0) is 40.0. The second kappa shape index (κ2) is 20.7. The number of piperidine rings is 1. The molecule has 4 rings (SSSR count). The SMILES string of the molecule is CCN(C(=O)OCc1ccccc1)C1CCN(C(=O)[C@@H](NC(=O)[C@@H](Cc2ccccc2)C[C@@H](O)[C@H](Cc2ccccc2)NC(=O)OC(C)(C)C)C(C)C)CC1. The minimum absolute atomic E-state index is 0.0334. The van der Waals surface area contributed by atoms with Gasteiger partial charge < -0.3 is 35.0 Å². The minimum Gasteiger partial charge on any atom is -0.445 e. The van der Waals surface area contributed by atoms with Gasteiger partial charge in [0.25, 0.3) is 0 Å². The highest BCUT2D eigenvalue weighted by Gasteiger charge is 2.36. The molecule has 4 amide bonds. The summed E-state index contributed by atoms with van der Waals surface area (Å²) < 4.78 is 11.1. The monoisotopic (exact) mass is 756 g/mol. The Morgan fingerprint density at radius 3 is 1.85 bits per heavy atom. The van der Waals surface area contributed by atoms with Crippen LogP contribution in [0.25, 0.3) is 0 Å². The number of benzene rings is 3. The van der Waals surface area contributed by atoms with Crippen molar-refractivity contribution in [3.63, 3.8) is 0 Å². The first-order valence-electron chi connectivity index (χ1n) is 19.6. The molecule has 298 valence electrons. The van der Waals surface area contributed by atoms with Gasteiger partial charge in [-0.15, -0.1) is 0 Å². The molecular formula is C44H60N4O7. The predicted octanol–water partition coefficient (Wildman–Crippen LogP) is 6.52. The van der Waals surface area contributed by atoms with Crippen molar-refractivity contribution in [1.29, 1.82) is 0 Å². The zero-order valence-corrected chi connectivity index (χ0v) is 33.3. The normalized spacial score (nSPS) is 15.7. The van der Waals surface area contributed by atoms with Crippen molar-refractivity contribution in [2.75, 3.05) is 19.6 Å². The number of alkyl carbamates (subject to hydrolysis) is 1. The van der Waals surface area contributed by atoms with Gasteiger partial charge in [-0.05, 0) is 82.4 Å². The van der Waals surface area contributed by atoms with Crippen LogP contribution < -0.4 is 10.6 Å². The second-order valence-electron chi connectivity index (χ2n) is 15.7. The van der Waals surface area contributed by atoms with Gasteiger partial charge in [-0.1, -0.05) is 105 Å². The van der Waals surface area contributed by atoms with Crippen molar-refractivity contribution in [2.24, 2.45) is 11.8 Å². The summed E-state index contributed by atoms with van der Waals surface area (Å²) in [5.41, 5.74) is 2.00. The molecule has 1 aliphatic rings. The summed E-state index contributed by atoms with van der Waals surface area (Å²) in [5.74, 6) is -1.45. The lowest BCUT2D eigenvalue weighted by atomic mass is 9.88. The number of ether oxygens (including phenoxy) is 2. The lowest BCUT2D eigenvalue weighted by Crippen LogP contribution is -2.56. The van der Waals surface area contributed by atoms with Gasteiger partial charge >= 0.3 is 12.2 Å². The average Bonchev–Trinajstić information content (AvgIpc) is 3.16. The van der Waals surface area contributed by atoms with E-state index in [9.17, 15) is 24.3 Å². The van der Waals surface area contributed by atoms with E-state index in [4.69, 9.17) is 9.47 Å². The Labute approximate surface area is 326 Å². The summed E-state index contributed by atoms with van der Waals surface area (Å²) in [7, 11) is 0. The molecule has 0 spiro atoms. The van der Waals surface area contributed by atoms with Gasteiger partial charge in [-0.25, -0.2) is 9.59 Å². The average molecular weight is 757 g/mol. The number of rotatable bonds is 16. The molecule has 0 aromatic heterocycles. The fraction of sp³-hybridized carbons (Fsp3) is 0.500. The number of amides is 4. The van der Waals surface area contributed by atoms with Gasteiger partial charge in [0, 0.05) is 31.6 Å². The Kier molecular flexibility index (Phi) is 16.1. The van der Waals surface area contributed by atoms with Crippen LogP contribution in [0.5, 0.6) is 0 Å². The van der Waals surface area contributed by atoms with Crippen molar-refractivity contribution in [3.8, 4) is 0 Å². The molecule has 11 nitrogen and oxygen atoms in total. The number of nitrogens with one attached hydrogen (secondary N) is 2. The molecule has 0 saturated carbocycles. The number of carbonyl (C=O) groups excluding carboxylic acids is 4. The van der Waals surface area contributed by atoms with Crippen molar-refractivity contribution in [3.05, 3.63) is 108 Å². The topological polar surface area (TPSA) is 138 Å². The molecule has 4 atom stereocenters. The molecule has 0 bridgehead atoms. The van der Waals surface area contributed by atoms with Crippen LogP contribution in [0, 0.1) is 11.8 Å². The Balaban J connectivity index is 1.44. The highest BCUT2D eigenvalue weighted by molar-refractivity contribution is 5.89. The van der Waals surface area contributed by atoms with E-state index in [0.717, 1.165) is 16.7 Å². The lowest BCUT2D eigenvalue weighted by molar-refractivity contribution is -0.140. The van der Waals surface area contributed by atoms with E-state index in [1.165, 1.54) is 0 Å². The number of aliphatic hydroxyl groups excluding tert-OH is 1. The Bertz CT molecular complexity index is 1640. The predicted molar refractivity (Wildman–Crippen MR) is 213 cm³/mol. The van der Waals surface area contributed by atoms with E-state index in [1.54, 1.807) is 30.6 Å². The van der Waals surface area contributed by atoms with Crippen LogP contribution in [-0.4, -0.2) is 88.4 Å². The molecule has 3 N–H and O–H groups in total. The number of aliphatic hydroxyl groups is 1. The largest absolute Gasteiger partial charge is 0.445 e. The first-order valence-corrected chi connectivity index (χ1v) is 19.6. The van der Waals surface area contributed by atoms with Crippen LogP contribution in [0.15, 0.2) is 91.0 Å². The number of nitrogens with zero attached hydrogens (tertiary/aromatic N) is 2. The molecular weight excluding hydrogens is 697 g/mol. The Morgan fingerprint density at radius 2 is 1.35 bits per heavy atom. The molecule has 0 unspecified atom stereocenters. The Morgan fingerprint density at radius 1 is 0.818 bits per heavy atom. The van der Waals surface area contributed by atoms with E-state index in [2.05, 4.69) is 10.6 Å². The van der Waals surface area contributed by atoms with Crippen molar-refractivity contribution >= 4 is 24.0 Å². The molecule has 0 radical (unpaired) electrons. The van der Waals surface area contributed by atoms with Gasteiger partial charge in [-0.3, -0.25) is 9.59 Å². The van der Waals surface area contributed by atoms with Crippen molar-refractivity contribution < 1.29 is 33.8 Å². The first kappa shape index (κ1) is 42.8. The van der Waals surface area contributed by atoms with Crippen LogP contribution in [0.3, 0.4) is 0 Å². The van der Waals surface area contributed by atoms with E-state index < -0.39 is 35.8 Å². The molecule has 1 fully saturated rings. The first-order chi connectivity index (χ1) is 26.2. The third-order valence-corrected chi connectivity index (χ3v) is 9.91. The maximum absolute atomic E-state index is 14.2. The van der Waals surface area contributed by atoms with E-state index in [0.29, 0.717) is 45.3 Å². The van der Waals surface area contributed by atoms with Gasteiger partial charge in [0.1, 0.15) is 18.2 Å². The highest BCUT2D eigenvalue weighted by atomic mass is 16.6. The minimum atomic E-state index is -1.11. The molecule has 3 aromatic carbocycles. The summed E-state index contributed by atoms with van der Waals surface area (Å²) in [6.07, 6.45) is -0.272. The van der Waals surface area contributed by atoms with Gasteiger partial charge in [0.05, 0.1) is 12.1 Å². The number of hydrogen-bond donors (Lipinski definition) is 3. The molecule has 55 heavy (non-hydrogen) atoms. The van der Waals surface area contributed by atoms with Gasteiger partial charge in [0.15, 0.2) is 0 Å². The van der Waals surface area contributed by atoms with Gasteiger partial charge in [0.2, 0.25) is 11.8 Å². The summed E-state index contributed by atoms with van der Waals surface area (Å²) >= 11 is 0. The van der Waals surface area contributed by atoms with E-state index in [-0.39, 0.29) is 42.9 Å². The van der Waals surface area contributed by atoms with Crippen molar-refractivity contribution in [2.45, 2.75) is 110 Å². The highest BCUT2D eigenvalue weighted by Crippen LogP contribution is 2.23. The molecule has 11 heteroatoms. The summed E-state index contributed by atoms with van der Waals surface area (Å²) in [4.78, 5) is 57.7. The zero-order valence-electron chi connectivity index (χ0n) is 33.3. The molecule has 1 aliphatic heterocycles. The van der Waals surface area contributed by atoms with Crippen LogP contribution in [0.4, 0.5) is 9.59 Å². The Hall–Kier alpha value is -4.90. The van der Waals surface area contributed by atoms with E-state index in [1.807, 2.05) is 112 Å². The molecule has 1 heterocycles. The number of likely N-dealkylation sites (tertiary alicyclic amines) is 1. The maximum atomic E-state index is 14.2. The van der Waals surface area contributed by atoms with Crippen LogP contribution in [0.1, 0.15) is 77.5 Å². The molecule has 1 saturated heterocycles. The fourth-order valence-electron chi connectivity index (χ4n) is 6.97. The maximum Gasteiger partial charge on any atom is 0.410 e. The quantitative estimate of drug-likeness (QED) is 0.151. The van der Waals surface area contributed by atoms with Crippen LogP contribution >= 0.6 is 0 Å². The third kappa shape index (κ3) is 13.7. The molecule has 3 aromatic rings. The summed E-state index contributed by atoms with van der Waals surface area (Å²) in [5, 5.41) is 17.6. The lowest BCUT2D eigenvalue weighted by Gasteiger charge is -2.39. The second-order valence-corrected chi connectivity index (χ2v) is 15.7. The fourth-order valence-corrected chi connectivity index (χ4v) is 6.97. The summed E-state index contributed by atoms with van der Waals surface area (Å²) in [6, 6.07) is 27.0. The summed E-state index contributed by atoms with van der Waals surface area (Å²) in [6.45, 7) is 12.6. The van der Waals surface area contributed by atoms with Gasteiger partial charge in [-0.2, -0.15) is 0 Å². The number of hydrogen-bond acceptors (Lipinski definition) is 7. The van der Waals surface area contributed by atoms with E-state index >= 15 is 0 Å². The number of carbonyl (C=O) groups is 4. The van der Waals surface area contributed by atoms with Crippen molar-refractivity contribution in [1.82, 2.24) is 20.4 Å². The standard InChI is InChI=1S/C44H60N4O7/c1-7-48(43(53)54-30-34-21-15-10-16-22-34)36-23-25-47(26-24-36)41(51)39(31(2)3)46-40(50)35(27-32-17-11-8-12-18-32)29-38(49)37(28-33-19-13-9-14-20-33)45-42(52)55-44(4,5)6/h8-22,31,35-39,49H,7,23-30H2,1-6H3,(H,45,52)(H,46,50)/t35-,37-,38+,39-/m0/s1. The third-order valence-electron chi connectivity index (χ3n) is 9.91. The smallest absolute Gasteiger partial charge is 0.410 e. The molecule has 0 aliphatic carbocycles. The van der Waals surface area contributed by atoms with Crippen LogP contribution in [0.2, 0.25) is 0 Å².